The van der Waals surface area contributed by atoms with Crippen LogP contribution in [0.2, 0.25) is 5.15 Å². The lowest BCUT2D eigenvalue weighted by atomic mass is 10.3. The molecular formula is C10H6Cl2N2O2. The van der Waals surface area contributed by atoms with Gasteiger partial charge in [0.15, 0.2) is 11.5 Å². The first kappa shape index (κ1) is 11.0. The highest BCUT2D eigenvalue weighted by atomic mass is 35.5. The summed E-state index contributed by atoms with van der Waals surface area (Å²) in [5.74, 6) is 0.764. The van der Waals surface area contributed by atoms with Crippen LogP contribution in [0.5, 0.6) is 0 Å². The average Bonchev–Trinajstić information content (AvgIpc) is 2.77. The maximum Gasteiger partial charge on any atom is 0.210 e. The zero-order chi connectivity index (χ0) is 11.5. The van der Waals surface area contributed by atoms with Crippen molar-refractivity contribution in [3.63, 3.8) is 0 Å². The van der Waals surface area contributed by atoms with Crippen LogP contribution in [0.15, 0.2) is 39.9 Å². The topological polar surface area (TPSA) is 58.6 Å². The van der Waals surface area contributed by atoms with E-state index in [0.29, 0.717) is 16.6 Å². The molecule has 2 rings (SSSR count). The quantitative estimate of drug-likeness (QED) is 0.388. The van der Waals surface area contributed by atoms with E-state index in [-0.39, 0.29) is 10.9 Å². The minimum atomic E-state index is -0.117. The highest BCUT2D eigenvalue weighted by Gasteiger charge is 2.09. The summed E-state index contributed by atoms with van der Waals surface area (Å²) < 4.78 is 5.33. The number of hydrogen-bond donors (Lipinski definition) is 1. The Morgan fingerprint density at radius 1 is 1.31 bits per heavy atom. The lowest BCUT2D eigenvalue weighted by Gasteiger charge is -1.96. The molecule has 82 valence electrons. The molecule has 0 bridgehead atoms. The summed E-state index contributed by atoms with van der Waals surface area (Å²) >= 11 is 11.3. The molecule has 0 atom stereocenters. The van der Waals surface area contributed by atoms with Crippen LogP contribution in [0.1, 0.15) is 5.76 Å². The molecule has 1 N–H and O–H groups in total. The van der Waals surface area contributed by atoms with E-state index in [9.17, 15) is 0 Å². The fourth-order valence-electron chi connectivity index (χ4n) is 1.18. The molecule has 2 aromatic heterocycles. The number of nitrogens with zero attached hydrogens (tertiary/aromatic N) is 2. The fourth-order valence-corrected chi connectivity index (χ4v) is 1.45. The SMILES string of the molecule is ON=C(Cl)c1ccc(-c2cccc(Cl)n2)o1. The van der Waals surface area contributed by atoms with Gasteiger partial charge in [0.25, 0.3) is 0 Å². The number of rotatable bonds is 2. The predicted molar refractivity (Wildman–Crippen MR) is 61.1 cm³/mol. The van der Waals surface area contributed by atoms with Crippen molar-refractivity contribution in [1.82, 2.24) is 4.98 Å². The molecule has 0 saturated heterocycles. The van der Waals surface area contributed by atoms with Gasteiger partial charge in [-0.15, -0.1) is 0 Å². The summed E-state index contributed by atoms with van der Waals surface area (Å²) in [7, 11) is 0. The van der Waals surface area contributed by atoms with Crippen LogP contribution in [0, 0.1) is 0 Å². The lowest BCUT2D eigenvalue weighted by molar-refractivity contribution is 0.319. The van der Waals surface area contributed by atoms with Crippen LogP contribution < -0.4 is 0 Å². The van der Waals surface area contributed by atoms with Gasteiger partial charge in [0.05, 0.1) is 0 Å². The Hall–Kier alpha value is -1.52. The number of pyridine rings is 1. The molecule has 0 radical (unpaired) electrons. The third kappa shape index (κ3) is 2.18. The second-order valence-corrected chi connectivity index (χ2v) is 3.65. The molecule has 6 heteroatoms. The number of aromatic nitrogens is 1. The molecule has 0 spiro atoms. The van der Waals surface area contributed by atoms with E-state index in [1.54, 1.807) is 30.3 Å². The highest BCUT2D eigenvalue weighted by molar-refractivity contribution is 6.69. The van der Waals surface area contributed by atoms with Crippen molar-refractivity contribution in [2.24, 2.45) is 5.16 Å². The van der Waals surface area contributed by atoms with Gasteiger partial charge in [0.2, 0.25) is 5.17 Å². The van der Waals surface area contributed by atoms with Crippen molar-refractivity contribution < 1.29 is 9.62 Å². The van der Waals surface area contributed by atoms with Gasteiger partial charge in [-0.05, 0) is 24.3 Å². The molecule has 0 amide bonds. The molecule has 0 aliphatic rings. The summed E-state index contributed by atoms with van der Waals surface area (Å²) in [5, 5.41) is 11.6. The Morgan fingerprint density at radius 2 is 2.12 bits per heavy atom. The van der Waals surface area contributed by atoms with Gasteiger partial charge in [-0.25, -0.2) is 4.98 Å². The first-order chi connectivity index (χ1) is 7.70. The average molecular weight is 257 g/mol. The molecule has 0 fully saturated rings. The predicted octanol–water partition coefficient (Wildman–Crippen LogP) is 3.37. The minimum absolute atomic E-state index is 0.117. The normalized spacial score (nSPS) is 11.8. The maximum absolute atomic E-state index is 8.47. The molecule has 0 aliphatic carbocycles. The van der Waals surface area contributed by atoms with Crippen molar-refractivity contribution in [3.05, 3.63) is 41.2 Å². The molecule has 2 aromatic rings. The third-order valence-corrected chi connectivity index (χ3v) is 2.34. The van der Waals surface area contributed by atoms with Crippen molar-refractivity contribution in [3.8, 4) is 11.5 Å². The van der Waals surface area contributed by atoms with Crippen LogP contribution in [-0.2, 0) is 0 Å². The van der Waals surface area contributed by atoms with Gasteiger partial charge in [-0.3, -0.25) is 0 Å². The van der Waals surface area contributed by atoms with Crippen molar-refractivity contribution in [2.45, 2.75) is 0 Å². The number of furan rings is 1. The van der Waals surface area contributed by atoms with Crippen LogP contribution in [0.4, 0.5) is 0 Å². The second kappa shape index (κ2) is 4.55. The van der Waals surface area contributed by atoms with E-state index < -0.39 is 0 Å². The van der Waals surface area contributed by atoms with Crippen LogP contribution in [0.3, 0.4) is 0 Å². The lowest BCUT2D eigenvalue weighted by Crippen LogP contribution is -1.86. The van der Waals surface area contributed by atoms with Crippen molar-refractivity contribution >= 4 is 28.4 Å². The molecule has 0 unspecified atom stereocenters. The van der Waals surface area contributed by atoms with Crippen molar-refractivity contribution in [1.29, 1.82) is 0 Å². The zero-order valence-corrected chi connectivity index (χ0v) is 9.40. The number of halogens is 2. The summed E-state index contributed by atoms with van der Waals surface area (Å²) in [6.07, 6.45) is 0. The smallest absolute Gasteiger partial charge is 0.210 e. The van der Waals surface area contributed by atoms with E-state index in [1.807, 2.05) is 0 Å². The fraction of sp³-hybridized carbons (Fsp3) is 0. The highest BCUT2D eigenvalue weighted by Crippen LogP contribution is 2.22. The summed E-state index contributed by atoms with van der Waals surface area (Å²) in [5.41, 5.74) is 0.584. The Balaban J connectivity index is 2.39. The standard InChI is InChI=1S/C10H6Cl2N2O2/c11-9-3-1-2-6(13-9)7-4-5-8(16-7)10(12)14-15/h1-5,15H. The maximum atomic E-state index is 8.47. The van der Waals surface area contributed by atoms with E-state index >= 15 is 0 Å². The number of hydrogen-bond acceptors (Lipinski definition) is 4. The molecule has 0 saturated carbocycles. The Kier molecular flexibility index (Phi) is 3.12. The Bertz CT molecular complexity index is 537. The molecule has 2 heterocycles. The largest absolute Gasteiger partial charge is 0.452 e. The van der Waals surface area contributed by atoms with E-state index in [4.69, 9.17) is 32.8 Å². The Morgan fingerprint density at radius 3 is 2.81 bits per heavy atom. The molecular weight excluding hydrogens is 251 g/mol. The van der Waals surface area contributed by atoms with Gasteiger partial charge in [0, 0.05) is 0 Å². The van der Waals surface area contributed by atoms with Crippen molar-refractivity contribution in [2.75, 3.05) is 0 Å². The molecule has 0 aromatic carbocycles. The zero-order valence-electron chi connectivity index (χ0n) is 7.89. The van der Waals surface area contributed by atoms with E-state index in [1.165, 1.54) is 0 Å². The molecule has 4 nitrogen and oxygen atoms in total. The third-order valence-electron chi connectivity index (χ3n) is 1.86. The van der Waals surface area contributed by atoms with Crippen LogP contribution in [-0.4, -0.2) is 15.4 Å². The van der Waals surface area contributed by atoms with Gasteiger partial charge in [-0.2, -0.15) is 0 Å². The first-order valence-corrected chi connectivity index (χ1v) is 5.07. The summed E-state index contributed by atoms with van der Waals surface area (Å²) in [4.78, 5) is 4.07. The second-order valence-electron chi connectivity index (χ2n) is 2.90. The van der Waals surface area contributed by atoms with Gasteiger partial charge in [-0.1, -0.05) is 34.4 Å². The van der Waals surface area contributed by atoms with Crippen LogP contribution >= 0.6 is 23.2 Å². The Labute approximate surface area is 101 Å². The number of oxime groups is 1. The van der Waals surface area contributed by atoms with Crippen LogP contribution in [0.25, 0.3) is 11.5 Å². The van der Waals surface area contributed by atoms with E-state index in [2.05, 4.69) is 10.1 Å². The minimum Gasteiger partial charge on any atom is -0.452 e. The summed E-state index contributed by atoms with van der Waals surface area (Å²) in [6, 6.07) is 8.42. The molecule has 0 aliphatic heterocycles. The van der Waals surface area contributed by atoms with Gasteiger partial charge < -0.3 is 9.62 Å². The van der Waals surface area contributed by atoms with Gasteiger partial charge in [0.1, 0.15) is 10.8 Å². The monoisotopic (exact) mass is 256 g/mol. The first-order valence-electron chi connectivity index (χ1n) is 4.31. The van der Waals surface area contributed by atoms with E-state index in [0.717, 1.165) is 0 Å². The van der Waals surface area contributed by atoms with Gasteiger partial charge >= 0.3 is 0 Å². The summed E-state index contributed by atoms with van der Waals surface area (Å²) in [6.45, 7) is 0. The molecule has 16 heavy (non-hydrogen) atoms.